The first-order valence-electron chi connectivity index (χ1n) is 7.70. The van der Waals surface area contributed by atoms with Gasteiger partial charge in [0.25, 0.3) is 0 Å². The molecule has 0 aromatic carbocycles. The number of nitrogens with one attached hydrogen (secondary N) is 1. The molecule has 2 aliphatic heterocycles. The van der Waals surface area contributed by atoms with E-state index in [-0.39, 0.29) is 5.60 Å². The van der Waals surface area contributed by atoms with Crippen LogP contribution in [-0.2, 0) is 9.47 Å². The van der Waals surface area contributed by atoms with Gasteiger partial charge in [-0.2, -0.15) is 0 Å². The summed E-state index contributed by atoms with van der Waals surface area (Å²) in [7, 11) is 2.14. The second kappa shape index (κ2) is 5.48. The summed E-state index contributed by atoms with van der Waals surface area (Å²) in [6, 6.07) is 0.691. The van der Waals surface area contributed by atoms with Crippen molar-refractivity contribution in [3.8, 4) is 0 Å². The molecule has 3 fully saturated rings. The Morgan fingerprint density at radius 3 is 2.78 bits per heavy atom. The highest BCUT2D eigenvalue weighted by atomic mass is 16.6. The third-order valence-corrected chi connectivity index (χ3v) is 5.35. The van der Waals surface area contributed by atoms with E-state index in [1.54, 1.807) is 0 Å². The predicted molar refractivity (Wildman–Crippen MR) is 71.6 cm³/mol. The van der Waals surface area contributed by atoms with Crippen molar-refractivity contribution in [3.63, 3.8) is 0 Å². The molecule has 18 heavy (non-hydrogen) atoms. The summed E-state index contributed by atoms with van der Waals surface area (Å²) >= 11 is 0. The van der Waals surface area contributed by atoms with E-state index in [2.05, 4.69) is 12.4 Å². The fourth-order valence-corrected chi connectivity index (χ4v) is 3.91. The summed E-state index contributed by atoms with van der Waals surface area (Å²) in [5.74, 6) is 1.77. The van der Waals surface area contributed by atoms with Gasteiger partial charge in [-0.1, -0.05) is 19.3 Å². The van der Waals surface area contributed by atoms with Crippen LogP contribution >= 0.6 is 0 Å². The fourth-order valence-electron chi connectivity index (χ4n) is 3.91. The zero-order valence-corrected chi connectivity index (χ0v) is 11.6. The van der Waals surface area contributed by atoms with Crippen molar-refractivity contribution in [2.45, 2.75) is 56.6 Å². The topological polar surface area (TPSA) is 30.5 Å². The molecule has 0 aromatic rings. The first kappa shape index (κ1) is 12.9. The van der Waals surface area contributed by atoms with E-state index >= 15 is 0 Å². The van der Waals surface area contributed by atoms with Crippen molar-refractivity contribution in [1.82, 2.24) is 5.32 Å². The van der Waals surface area contributed by atoms with Gasteiger partial charge >= 0.3 is 0 Å². The van der Waals surface area contributed by atoms with Crippen molar-refractivity contribution < 1.29 is 9.47 Å². The van der Waals surface area contributed by atoms with E-state index in [0.29, 0.717) is 6.04 Å². The van der Waals surface area contributed by atoms with Crippen molar-refractivity contribution in [3.05, 3.63) is 0 Å². The number of hydrogen-bond donors (Lipinski definition) is 1. The van der Waals surface area contributed by atoms with E-state index in [1.165, 1.54) is 38.5 Å². The monoisotopic (exact) mass is 253 g/mol. The van der Waals surface area contributed by atoms with Gasteiger partial charge in [-0.3, -0.25) is 0 Å². The molecule has 2 saturated heterocycles. The molecule has 1 N–H and O–H groups in total. The molecule has 3 rings (SSSR count). The molecule has 3 unspecified atom stereocenters. The van der Waals surface area contributed by atoms with Gasteiger partial charge in [0, 0.05) is 25.7 Å². The number of hydrogen-bond acceptors (Lipinski definition) is 3. The average Bonchev–Trinajstić information content (AvgIpc) is 2.76. The molecule has 3 heteroatoms. The van der Waals surface area contributed by atoms with E-state index in [1.807, 2.05) is 0 Å². The first-order valence-corrected chi connectivity index (χ1v) is 7.70. The van der Waals surface area contributed by atoms with E-state index in [0.717, 1.165) is 38.1 Å². The molecule has 0 bridgehead atoms. The maximum Gasteiger partial charge on any atom is 0.0939 e. The summed E-state index contributed by atoms with van der Waals surface area (Å²) in [5, 5.41) is 3.58. The largest absolute Gasteiger partial charge is 0.378 e. The van der Waals surface area contributed by atoms with Gasteiger partial charge < -0.3 is 14.8 Å². The van der Waals surface area contributed by atoms with Crippen molar-refractivity contribution in [2.75, 3.05) is 26.9 Å². The van der Waals surface area contributed by atoms with Crippen LogP contribution in [-0.4, -0.2) is 38.5 Å². The summed E-state index contributed by atoms with van der Waals surface area (Å²) in [6.07, 6.45) is 9.25. The van der Waals surface area contributed by atoms with E-state index < -0.39 is 0 Å². The van der Waals surface area contributed by atoms with Crippen LogP contribution in [0.5, 0.6) is 0 Å². The molecule has 0 aromatic heterocycles. The molecule has 3 atom stereocenters. The van der Waals surface area contributed by atoms with Crippen LogP contribution in [0.1, 0.15) is 44.9 Å². The van der Waals surface area contributed by atoms with Crippen LogP contribution in [0.4, 0.5) is 0 Å². The van der Waals surface area contributed by atoms with Crippen molar-refractivity contribution >= 4 is 0 Å². The lowest BCUT2D eigenvalue weighted by molar-refractivity contribution is -0.104. The van der Waals surface area contributed by atoms with Gasteiger partial charge in [0.1, 0.15) is 0 Å². The van der Waals surface area contributed by atoms with Gasteiger partial charge in [0.05, 0.1) is 12.2 Å². The normalized spacial score (nSPS) is 38.8. The van der Waals surface area contributed by atoms with Gasteiger partial charge in [0.15, 0.2) is 0 Å². The molecule has 0 radical (unpaired) electrons. The quantitative estimate of drug-likeness (QED) is 0.834. The van der Waals surface area contributed by atoms with Gasteiger partial charge in [-0.15, -0.1) is 0 Å². The standard InChI is InChI=1S/C15H27NO2/c1-16-14(9-12-3-2-4-12)13-5-7-18-15(10-13)6-8-17-11-15/h12-14,16H,2-11H2,1H3. The minimum Gasteiger partial charge on any atom is -0.378 e. The second-order valence-corrected chi connectivity index (χ2v) is 6.51. The van der Waals surface area contributed by atoms with E-state index in [9.17, 15) is 0 Å². The summed E-state index contributed by atoms with van der Waals surface area (Å²) in [5.41, 5.74) is 0.0671. The highest BCUT2D eigenvalue weighted by Gasteiger charge is 2.43. The zero-order chi connectivity index (χ0) is 12.4. The summed E-state index contributed by atoms with van der Waals surface area (Å²) in [4.78, 5) is 0. The predicted octanol–water partition coefficient (Wildman–Crippen LogP) is 2.35. The molecule has 2 heterocycles. The van der Waals surface area contributed by atoms with Crippen molar-refractivity contribution in [2.24, 2.45) is 11.8 Å². The third kappa shape index (κ3) is 2.59. The Kier molecular flexibility index (Phi) is 3.92. The molecule has 1 saturated carbocycles. The Morgan fingerprint density at radius 1 is 1.28 bits per heavy atom. The zero-order valence-electron chi connectivity index (χ0n) is 11.6. The third-order valence-electron chi connectivity index (χ3n) is 5.35. The van der Waals surface area contributed by atoms with Gasteiger partial charge in [-0.05, 0) is 38.1 Å². The molecule has 104 valence electrons. The maximum atomic E-state index is 6.04. The molecule has 3 aliphatic rings. The molecular formula is C15H27NO2. The lowest BCUT2D eigenvalue weighted by Crippen LogP contribution is -2.47. The van der Waals surface area contributed by atoms with Crippen LogP contribution in [0.25, 0.3) is 0 Å². The maximum absolute atomic E-state index is 6.04. The minimum atomic E-state index is 0.0671. The lowest BCUT2D eigenvalue weighted by atomic mass is 9.74. The van der Waals surface area contributed by atoms with Crippen LogP contribution in [0, 0.1) is 11.8 Å². The van der Waals surface area contributed by atoms with Crippen LogP contribution in [0.15, 0.2) is 0 Å². The lowest BCUT2D eigenvalue weighted by Gasteiger charge is -2.42. The Morgan fingerprint density at radius 2 is 2.17 bits per heavy atom. The summed E-state index contributed by atoms with van der Waals surface area (Å²) < 4.78 is 11.6. The average molecular weight is 253 g/mol. The highest BCUT2D eigenvalue weighted by Crippen LogP contribution is 2.40. The smallest absolute Gasteiger partial charge is 0.0939 e. The Hall–Kier alpha value is -0.120. The van der Waals surface area contributed by atoms with E-state index in [4.69, 9.17) is 9.47 Å². The Labute approximate surface area is 111 Å². The molecule has 0 amide bonds. The second-order valence-electron chi connectivity index (χ2n) is 6.51. The number of ether oxygens (including phenoxy) is 2. The first-order chi connectivity index (χ1) is 8.81. The Bertz CT molecular complexity index is 272. The number of rotatable bonds is 4. The molecular weight excluding hydrogens is 226 g/mol. The van der Waals surface area contributed by atoms with Gasteiger partial charge in [0.2, 0.25) is 0 Å². The van der Waals surface area contributed by atoms with Gasteiger partial charge in [-0.25, -0.2) is 0 Å². The minimum absolute atomic E-state index is 0.0671. The fraction of sp³-hybridized carbons (Fsp3) is 1.00. The molecule has 3 nitrogen and oxygen atoms in total. The summed E-state index contributed by atoms with van der Waals surface area (Å²) in [6.45, 7) is 2.64. The molecule has 1 aliphatic carbocycles. The highest BCUT2D eigenvalue weighted by molar-refractivity contribution is 4.94. The SMILES string of the molecule is CNC(CC1CCC1)C1CCOC2(CCOC2)C1. The van der Waals surface area contributed by atoms with Crippen LogP contribution in [0.2, 0.25) is 0 Å². The van der Waals surface area contributed by atoms with Crippen molar-refractivity contribution in [1.29, 1.82) is 0 Å². The van der Waals surface area contributed by atoms with Crippen LogP contribution < -0.4 is 5.32 Å². The Balaban J connectivity index is 1.58. The molecule has 1 spiro atoms. The van der Waals surface area contributed by atoms with Crippen LogP contribution in [0.3, 0.4) is 0 Å².